The SMILES string of the molecule is CC(=O)N1CC(C)(C)c2cnccc21. The number of carbonyl (C=O) groups is 1. The van der Waals surface area contributed by atoms with Crippen LogP contribution in [0.15, 0.2) is 18.5 Å². The fraction of sp³-hybridized carbons (Fsp3) is 0.455. The van der Waals surface area contributed by atoms with Crippen LogP contribution in [0.4, 0.5) is 5.69 Å². The summed E-state index contributed by atoms with van der Waals surface area (Å²) in [6.07, 6.45) is 3.59. The van der Waals surface area contributed by atoms with Gasteiger partial charge in [-0.25, -0.2) is 0 Å². The summed E-state index contributed by atoms with van der Waals surface area (Å²) in [6.45, 7) is 6.63. The monoisotopic (exact) mass is 190 g/mol. The number of fused-ring (bicyclic) bond motifs is 1. The molecule has 0 bridgehead atoms. The van der Waals surface area contributed by atoms with Gasteiger partial charge in [0, 0.05) is 36.8 Å². The number of rotatable bonds is 0. The van der Waals surface area contributed by atoms with Crippen molar-refractivity contribution >= 4 is 11.6 Å². The van der Waals surface area contributed by atoms with E-state index in [2.05, 4.69) is 18.8 Å². The van der Waals surface area contributed by atoms with Gasteiger partial charge in [0.25, 0.3) is 0 Å². The van der Waals surface area contributed by atoms with Crippen molar-refractivity contribution in [1.29, 1.82) is 0 Å². The Labute approximate surface area is 83.8 Å². The van der Waals surface area contributed by atoms with Gasteiger partial charge in [0.1, 0.15) is 0 Å². The van der Waals surface area contributed by atoms with Crippen LogP contribution in [0.1, 0.15) is 26.3 Å². The molecule has 1 aromatic heterocycles. The van der Waals surface area contributed by atoms with E-state index >= 15 is 0 Å². The van der Waals surface area contributed by atoms with E-state index in [1.165, 1.54) is 0 Å². The molecule has 0 radical (unpaired) electrons. The zero-order valence-electron chi connectivity index (χ0n) is 8.74. The van der Waals surface area contributed by atoms with Gasteiger partial charge in [-0.3, -0.25) is 9.78 Å². The molecule has 0 spiro atoms. The maximum Gasteiger partial charge on any atom is 0.223 e. The first-order valence-corrected chi connectivity index (χ1v) is 4.75. The summed E-state index contributed by atoms with van der Waals surface area (Å²) in [5.41, 5.74) is 2.20. The molecule has 0 aliphatic carbocycles. The standard InChI is InChI=1S/C11H14N2O/c1-8(14)13-7-11(2,3)9-6-12-5-4-10(9)13/h4-6H,7H2,1-3H3. The number of anilines is 1. The zero-order valence-corrected chi connectivity index (χ0v) is 8.74. The Bertz CT molecular complexity index is 385. The highest BCUT2D eigenvalue weighted by atomic mass is 16.2. The van der Waals surface area contributed by atoms with E-state index < -0.39 is 0 Å². The maximum atomic E-state index is 11.4. The summed E-state index contributed by atoms with van der Waals surface area (Å²) in [5.74, 6) is 0.100. The van der Waals surface area contributed by atoms with Crippen molar-refractivity contribution < 1.29 is 4.79 Å². The van der Waals surface area contributed by atoms with Crippen LogP contribution < -0.4 is 4.90 Å². The summed E-state index contributed by atoms with van der Waals surface area (Å²) in [4.78, 5) is 17.3. The predicted molar refractivity (Wildman–Crippen MR) is 55.3 cm³/mol. The third-order valence-corrected chi connectivity index (χ3v) is 2.75. The fourth-order valence-corrected chi connectivity index (χ4v) is 1.99. The van der Waals surface area contributed by atoms with Crippen molar-refractivity contribution in [3.05, 3.63) is 24.0 Å². The lowest BCUT2D eigenvalue weighted by atomic mass is 9.88. The van der Waals surface area contributed by atoms with E-state index in [1.54, 1.807) is 13.1 Å². The first-order chi connectivity index (χ1) is 6.52. The molecule has 0 N–H and O–H groups in total. The molecular formula is C11H14N2O. The van der Waals surface area contributed by atoms with E-state index in [1.807, 2.05) is 17.2 Å². The van der Waals surface area contributed by atoms with Crippen molar-refractivity contribution in [2.45, 2.75) is 26.2 Å². The van der Waals surface area contributed by atoms with Gasteiger partial charge in [0.05, 0.1) is 5.69 Å². The first kappa shape index (κ1) is 9.19. The van der Waals surface area contributed by atoms with Crippen LogP contribution in [-0.2, 0) is 10.2 Å². The molecule has 0 aromatic carbocycles. The van der Waals surface area contributed by atoms with Gasteiger partial charge in [0.15, 0.2) is 0 Å². The first-order valence-electron chi connectivity index (χ1n) is 4.75. The van der Waals surface area contributed by atoms with Gasteiger partial charge in [-0.2, -0.15) is 0 Å². The molecule has 2 heterocycles. The summed E-state index contributed by atoms with van der Waals surface area (Å²) in [5, 5.41) is 0. The average molecular weight is 190 g/mol. The highest BCUT2D eigenvalue weighted by Gasteiger charge is 2.36. The van der Waals surface area contributed by atoms with E-state index in [0.717, 1.165) is 17.8 Å². The van der Waals surface area contributed by atoms with Gasteiger partial charge in [-0.15, -0.1) is 0 Å². The number of amides is 1. The number of carbonyl (C=O) groups excluding carboxylic acids is 1. The Morgan fingerprint density at radius 1 is 1.57 bits per heavy atom. The van der Waals surface area contributed by atoms with Crippen LogP contribution in [0.3, 0.4) is 0 Å². The summed E-state index contributed by atoms with van der Waals surface area (Å²) in [6, 6.07) is 1.91. The van der Waals surface area contributed by atoms with Gasteiger partial charge < -0.3 is 4.90 Å². The number of hydrogen-bond donors (Lipinski definition) is 0. The maximum absolute atomic E-state index is 11.4. The van der Waals surface area contributed by atoms with Crippen molar-refractivity contribution in [3.8, 4) is 0 Å². The second kappa shape index (κ2) is 2.80. The molecule has 14 heavy (non-hydrogen) atoms. The van der Waals surface area contributed by atoms with Crippen LogP contribution in [0.2, 0.25) is 0 Å². The average Bonchev–Trinajstić information content (AvgIpc) is 2.40. The Balaban J connectivity index is 2.55. The van der Waals surface area contributed by atoms with Crippen molar-refractivity contribution in [2.75, 3.05) is 11.4 Å². The molecule has 0 saturated heterocycles. The molecule has 1 aliphatic rings. The minimum Gasteiger partial charge on any atom is -0.311 e. The Morgan fingerprint density at radius 3 is 2.93 bits per heavy atom. The van der Waals surface area contributed by atoms with Crippen molar-refractivity contribution in [3.63, 3.8) is 0 Å². The Kier molecular flexibility index (Phi) is 1.84. The second-order valence-corrected chi connectivity index (χ2v) is 4.38. The molecule has 74 valence electrons. The quantitative estimate of drug-likeness (QED) is 0.624. The molecular weight excluding hydrogens is 176 g/mol. The highest BCUT2D eigenvalue weighted by Crippen LogP contribution is 2.39. The molecule has 1 aromatic rings. The molecule has 3 heteroatoms. The van der Waals surface area contributed by atoms with Gasteiger partial charge >= 0.3 is 0 Å². The van der Waals surface area contributed by atoms with Crippen LogP contribution >= 0.6 is 0 Å². The molecule has 1 amide bonds. The van der Waals surface area contributed by atoms with Gasteiger partial charge in [-0.05, 0) is 6.07 Å². The topological polar surface area (TPSA) is 33.2 Å². The van der Waals surface area contributed by atoms with Crippen LogP contribution in [0, 0.1) is 0 Å². The molecule has 1 aliphatic heterocycles. The Morgan fingerprint density at radius 2 is 2.29 bits per heavy atom. The fourth-order valence-electron chi connectivity index (χ4n) is 1.99. The van der Waals surface area contributed by atoms with E-state index in [9.17, 15) is 4.79 Å². The number of aromatic nitrogens is 1. The highest BCUT2D eigenvalue weighted by molar-refractivity contribution is 5.94. The van der Waals surface area contributed by atoms with E-state index in [4.69, 9.17) is 0 Å². The predicted octanol–water partition coefficient (Wildman–Crippen LogP) is 1.73. The van der Waals surface area contributed by atoms with Crippen LogP contribution in [0.5, 0.6) is 0 Å². The largest absolute Gasteiger partial charge is 0.311 e. The lowest BCUT2D eigenvalue weighted by molar-refractivity contribution is -0.116. The minimum absolute atomic E-state index is 0.0231. The van der Waals surface area contributed by atoms with E-state index in [0.29, 0.717) is 0 Å². The van der Waals surface area contributed by atoms with Crippen LogP contribution in [0.25, 0.3) is 0 Å². The third-order valence-electron chi connectivity index (χ3n) is 2.75. The normalized spacial score (nSPS) is 18.1. The summed E-state index contributed by atoms with van der Waals surface area (Å²) < 4.78 is 0. The molecule has 3 nitrogen and oxygen atoms in total. The number of nitrogens with zero attached hydrogens (tertiary/aromatic N) is 2. The lowest BCUT2D eigenvalue weighted by Gasteiger charge is -2.19. The number of pyridine rings is 1. The molecule has 0 unspecified atom stereocenters. The van der Waals surface area contributed by atoms with Crippen molar-refractivity contribution in [2.24, 2.45) is 0 Å². The molecule has 0 saturated carbocycles. The molecule has 2 rings (SSSR count). The summed E-state index contributed by atoms with van der Waals surface area (Å²) in [7, 11) is 0. The third kappa shape index (κ3) is 1.20. The van der Waals surface area contributed by atoms with Crippen molar-refractivity contribution in [1.82, 2.24) is 4.98 Å². The molecule has 0 fully saturated rings. The zero-order chi connectivity index (χ0) is 10.3. The minimum atomic E-state index is 0.0231. The van der Waals surface area contributed by atoms with E-state index in [-0.39, 0.29) is 11.3 Å². The Hall–Kier alpha value is -1.38. The number of hydrogen-bond acceptors (Lipinski definition) is 2. The van der Waals surface area contributed by atoms with Crippen LogP contribution in [-0.4, -0.2) is 17.4 Å². The lowest BCUT2D eigenvalue weighted by Crippen LogP contribution is -2.31. The second-order valence-electron chi connectivity index (χ2n) is 4.38. The smallest absolute Gasteiger partial charge is 0.223 e. The molecule has 0 atom stereocenters. The van der Waals surface area contributed by atoms with Gasteiger partial charge in [-0.1, -0.05) is 13.8 Å². The summed E-state index contributed by atoms with van der Waals surface area (Å²) >= 11 is 0. The van der Waals surface area contributed by atoms with Gasteiger partial charge in [0.2, 0.25) is 5.91 Å².